The van der Waals surface area contributed by atoms with Crippen molar-refractivity contribution in [1.82, 2.24) is 14.8 Å². The molecule has 0 saturated carbocycles. The lowest BCUT2D eigenvalue weighted by molar-refractivity contribution is -0.137. The summed E-state index contributed by atoms with van der Waals surface area (Å²) < 4.78 is 40.6. The van der Waals surface area contributed by atoms with Crippen LogP contribution in [0.3, 0.4) is 0 Å². The van der Waals surface area contributed by atoms with Gasteiger partial charge in [0.05, 0.1) is 5.56 Å². The minimum atomic E-state index is -4.43. The molecule has 1 unspecified atom stereocenters. The maximum absolute atomic E-state index is 13.0. The van der Waals surface area contributed by atoms with E-state index in [-0.39, 0.29) is 37.2 Å². The van der Waals surface area contributed by atoms with Crippen molar-refractivity contribution in [2.45, 2.75) is 38.1 Å². The molecule has 0 spiro atoms. The second-order valence-electron chi connectivity index (χ2n) is 7.61. The van der Waals surface area contributed by atoms with Gasteiger partial charge in [0.25, 0.3) is 0 Å². The number of hydrogen-bond donors (Lipinski definition) is 1. The van der Waals surface area contributed by atoms with Gasteiger partial charge in [-0.15, -0.1) is 11.3 Å². The number of amides is 2. The van der Waals surface area contributed by atoms with Crippen LogP contribution in [-0.2, 0) is 28.9 Å². The summed E-state index contributed by atoms with van der Waals surface area (Å²) in [6.45, 7) is 1.22. The van der Waals surface area contributed by atoms with E-state index >= 15 is 0 Å². The molecule has 2 aromatic heterocycles. The molecule has 9 heteroatoms. The Morgan fingerprint density at radius 1 is 1.06 bits per heavy atom. The number of fused-ring (bicyclic) bond motifs is 1. The monoisotopic (exact) mass is 461 g/mol. The minimum absolute atomic E-state index is 0.0214. The van der Waals surface area contributed by atoms with Crippen LogP contribution < -0.4 is 5.32 Å². The van der Waals surface area contributed by atoms with E-state index in [0.717, 1.165) is 22.7 Å². The van der Waals surface area contributed by atoms with E-state index in [1.165, 1.54) is 12.1 Å². The van der Waals surface area contributed by atoms with Gasteiger partial charge in [-0.1, -0.05) is 18.2 Å². The molecule has 2 amide bonds. The molecule has 0 radical (unpaired) electrons. The summed E-state index contributed by atoms with van der Waals surface area (Å²) in [6, 6.07) is 12.6. The molecule has 0 aliphatic carbocycles. The quantitative estimate of drug-likeness (QED) is 0.584. The van der Waals surface area contributed by atoms with E-state index in [9.17, 15) is 22.8 Å². The molecule has 1 aliphatic heterocycles. The van der Waals surface area contributed by atoms with Crippen molar-refractivity contribution in [2.75, 3.05) is 6.54 Å². The molecule has 4 rings (SSSR count). The molecule has 168 valence electrons. The SMILES string of the molecule is O=C(CCC(=O)N1CCn2cccc2C1c1cccs1)NCc1cccc(C(F)(F)F)c1. The fourth-order valence-corrected chi connectivity index (χ4v) is 4.76. The highest BCUT2D eigenvalue weighted by molar-refractivity contribution is 7.10. The van der Waals surface area contributed by atoms with E-state index in [2.05, 4.69) is 9.88 Å². The zero-order valence-electron chi connectivity index (χ0n) is 17.1. The topological polar surface area (TPSA) is 54.3 Å². The maximum Gasteiger partial charge on any atom is 0.416 e. The lowest BCUT2D eigenvalue weighted by atomic mass is 10.1. The molecule has 0 saturated heterocycles. The lowest BCUT2D eigenvalue weighted by Crippen LogP contribution is -2.42. The Hall–Kier alpha value is -3.07. The molecule has 3 heterocycles. The molecule has 5 nitrogen and oxygen atoms in total. The van der Waals surface area contributed by atoms with Crippen molar-refractivity contribution in [2.24, 2.45) is 0 Å². The highest BCUT2D eigenvalue weighted by Crippen LogP contribution is 2.35. The molecular weight excluding hydrogens is 439 g/mol. The first-order valence-corrected chi connectivity index (χ1v) is 11.1. The Kier molecular flexibility index (Phi) is 6.36. The van der Waals surface area contributed by atoms with E-state index in [4.69, 9.17) is 0 Å². The fraction of sp³-hybridized carbons (Fsp3) is 0.304. The van der Waals surface area contributed by atoms with Gasteiger partial charge in [0.1, 0.15) is 6.04 Å². The first-order chi connectivity index (χ1) is 15.3. The zero-order valence-corrected chi connectivity index (χ0v) is 18.0. The molecule has 1 aromatic carbocycles. The van der Waals surface area contributed by atoms with Crippen molar-refractivity contribution in [1.29, 1.82) is 0 Å². The van der Waals surface area contributed by atoms with Gasteiger partial charge < -0.3 is 14.8 Å². The van der Waals surface area contributed by atoms with E-state index in [1.54, 1.807) is 16.2 Å². The molecule has 0 bridgehead atoms. The summed E-state index contributed by atoms with van der Waals surface area (Å²) in [4.78, 5) is 28.1. The van der Waals surface area contributed by atoms with Crippen LogP contribution in [-0.4, -0.2) is 27.8 Å². The third-order valence-electron chi connectivity index (χ3n) is 5.48. The van der Waals surface area contributed by atoms with Crippen molar-refractivity contribution < 1.29 is 22.8 Å². The van der Waals surface area contributed by atoms with Crippen molar-refractivity contribution in [3.63, 3.8) is 0 Å². The van der Waals surface area contributed by atoms with Crippen molar-refractivity contribution in [3.8, 4) is 0 Å². The summed E-state index contributed by atoms with van der Waals surface area (Å²) in [5.74, 6) is -0.492. The largest absolute Gasteiger partial charge is 0.416 e. The Morgan fingerprint density at radius 2 is 1.91 bits per heavy atom. The zero-order chi connectivity index (χ0) is 22.7. The summed E-state index contributed by atoms with van der Waals surface area (Å²) in [7, 11) is 0. The first kappa shape index (κ1) is 22.1. The van der Waals surface area contributed by atoms with Crippen LogP contribution in [0.15, 0.2) is 60.1 Å². The van der Waals surface area contributed by atoms with E-state index < -0.39 is 11.7 Å². The van der Waals surface area contributed by atoms with Gasteiger partial charge in [-0.2, -0.15) is 13.2 Å². The first-order valence-electron chi connectivity index (χ1n) is 10.2. The van der Waals surface area contributed by atoms with Crippen molar-refractivity contribution in [3.05, 3.63) is 81.8 Å². The molecule has 0 fully saturated rings. The van der Waals surface area contributed by atoms with Gasteiger partial charge in [0.15, 0.2) is 0 Å². The smallest absolute Gasteiger partial charge is 0.352 e. The van der Waals surface area contributed by atoms with Crippen LogP contribution in [0.25, 0.3) is 0 Å². The highest BCUT2D eigenvalue weighted by atomic mass is 32.1. The van der Waals surface area contributed by atoms with Crippen LogP contribution >= 0.6 is 11.3 Å². The number of aromatic nitrogens is 1. The van der Waals surface area contributed by atoms with Crippen LogP contribution in [0, 0.1) is 0 Å². The number of nitrogens with one attached hydrogen (secondary N) is 1. The number of rotatable bonds is 6. The normalized spacial score (nSPS) is 16.0. The van der Waals surface area contributed by atoms with Gasteiger partial charge in [0.2, 0.25) is 11.8 Å². The molecule has 1 N–H and O–H groups in total. The standard InChI is InChI=1S/C23H22F3N3O2S/c24-23(25,26)17-5-1-4-16(14-17)15-27-20(30)8-9-21(31)29-12-11-28-10-2-6-18(28)22(29)19-7-3-13-32-19/h1-7,10,13-14,22H,8-9,11-12,15H2,(H,27,30). The van der Waals surface area contributed by atoms with Crippen LogP contribution in [0.2, 0.25) is 0 Å². The predicted molar refractivity (Wildman–Crippen MR) is 115 cm³/mol. The highest BCUT2D eigenvalue weighted by Gasteiger charge is 2.33. The second-order valence-corrected chi connectivity index (χ2v) is 8.59. The Labute approximate surface area is 187 Å². The van der Waals surface area contributed by atoms with Gasteiger partial charge in [0, 0.05) is 49.2 Å². The number of halogens is 3. The molecule has 1 aliphatic rings. The van der Waals surface area contributed by atoms with Crippen LogP contribution in [0.4, 0.5) is 13.2 Å². The van der Waals surface area contributed by atoms with E-state index in [1.807, 2.05) is 35.8 Å². The summed E-state index contributed by atoms with van der Waals surface area (Å²) in [5, 5.41) is 4.58. The number of alkyl halides is 3. The van der Waals surface area contributed by atoms with E-state index in [0.29, 0.717) is 18.7 Å². The average Bonchev–Trinajstić information content (AvgIpc) is 3.47. The fourth-order valence-electron chi connectivity index (χ4n) is 3.91. The predicted octanol–water partition coefficient (Wildman–Crippen LogP) is 4.60. The van der Waals surface area contributed by atoms with Gasteiger partial charge >= 0.3 is 6.18 Å². The third-order valence-corrected chi connectivity index (χ3v) is 6.41. The molecule has 1 atom stereocenters. The summed E-state index contributed by atoms with van der Waals surface area (Å²) in [6.07, 6.45) is -2.41. The average molecular weight is 462 g/mol. The van der Waals surface area contributed by atoms with Crippen molar-refractivity contribution >= 4 is 23.2 Å². The second kappa shape index (κ2) is 9.20. The van der Waals surface area contributed by atoms with Gasteiger partial charge in [-0.3, -0.25) is 9.59 Å². The van der Waals surface area contributed by atoms with Gasteiger partial charge in [-0.05, 0) is 41.3 Å². The number of nitrogens with zero attached hydrogens (tertiary/aromatic N) is 2. The minimum Gasteiger partial charge on any atom is -0.352 e. The summed E-state index contributed by atoms with van der Waals surface area (Å²) >= 11 is 1.58. The number of hydrogen-bond acceptors (Lipinski definition) is 3. The van der Waals surface area contributed by atoms with Gasteiger partial charge in [-0.25, -0.2) is 0 Å². The Bertz CT molecular complexity index is 1090. The Morgan fingerprint density at radius 3 is 2.66 bits per heavy atom. The van der Waals surface area contributed by atoms with Crippen LogP contribution in [0.1, 0.15) is 40.6 Å². The molecular formula is C23H22F3N3O2S. The number of carbonyl (C=O) groups excluding carboxylic acids is 2. The lowest BCUT2D eigenvalue weighted by Gasteiger charge is -2.36. The third kappa shape index (κ3) is 4.88. The Balaban J connectivity index is 1.35. The summed E-state index contributed by atoms with van der Waals surface area (Å²) in [5.41, 5.74) is 0.643. The van der Waals surface area contributed by atoms with Crippen LogP contribution in [0.5, 0.6) is 0 Å². The number of carbonyl (C=O) groups is 2. The molecule has 32 heavy (non-hydrogen) atoms. The number of thiophene rings is 1. The maximum atomic E-state index is 13.0. The number of benzene rings is 1. The molecule has 3 aromatic rings.